The summed E-state index contributed by atoms with van der Waals surface area (Å²) in [4.78, 5) is 9.25. The van der Waals surface area contributed by atoms with E-state index in [9.17, 15) is 0 Å². The van der Waals surface area contributed by atoms with Crippen LogP contribution in [0.4, 0.5) is 0 Å². The smallest absolute Gasteiger partial charge is 0 e. The minimum absolute atomic E-state index is 0. The van der Waals surface area contributed by atoms with E-state index in [1.54, 1.807) is 0 Å². The summed E-state index contributed by atoms with van der Waals surface area (Å²) >= 11 is -1.79. The molecule has 0 fully saturated rings. The molecule has 54 heavy (non-hydrogen) atoms. The number of hydrogen-bond acceptors (Lipinski definition) is 3. The molecule has 8 rings (SSSR count). The van der Waals surface area contributed by atoms with Crippen molar-refractivity contribution in [2.24, 2.45) is 0 Å². The van der Waals surface area contributed by atoms with Crippen molar-refractivity contribution >= 4 is 39.6 Å². The Labute approximate surface area is 336 Å². The number of furan rings is 1. The second kappa shape index (κ2) is 16.8. The molecule has 0 saturated carbocycles. The first-order valence-electron chi connectivity index (χ1n) is 18.5. The zero-order chi connectivity index (χ0) is 37.1. The van der Waals surface area contributed by atoms with Crippen LogP contribution in [0.5, 0.6) is 0 Å². The molecule has 0 unspecified atom stereocenters. The molecular weight excluding hydrogens is 897 g/mol. The summed E-state index contributed by atoms with van der Waals surface area (Å²) in [6, 6.07) is 51.2. The Morgan fingerprint density at radius 1 is 0.593 bits per heavy atom. The van der Waals surface area contributed by atoms with Crippen LogP contribution in [0.1, 0.15) is 50.7 Å². The number of hydrogen-bond donors (Lipinski definition) is 0. The molecule has 273 valence electrons. The molecule has 0 amide bonds. The van der Waals surface area contributed by atoms with Gasteiger partial charge in [-0.05, 0) is 51.7 Å². The second-order valence-electron chi connectivity index (χ2n) is 15.4. The van der Waals surface area contributed by atoms with Gasteiger partial charge in [-0.15, -0.1) is 17.7 Å². The minimum Gasteiger partial charge on any atom is 0 e. The van der Waals surface area contributed by atoms with Crippen molar-refractivity contribution in [1.29, 1.82) is 0 Å². The molecular formula is C49H46GeIrN2O-2. The molecule has 5 aromatic carbocycles. The molecule has 0 spiro atoms. The third kappa shape index (κ3) is 8.68. The first kappa shape index (κ1) is 39.1. The fraction of sp³-hybridized carbons (Fsp3) is 0.184. The maximum atomic E-state index is 6.43. The summed E-state index contributed by atoms with van der Waals surface area (Å²) in [6.07, 6.45) is 3.93. The molecule has 0 N–H and O–H groups in total. The number of nitrogens with zero attached hydrogens (tertiary/aromatic N) is 2. The summed E-state index contributed by atoms with van der Waals surface area (Å²) in [5, 5.41) is 2.24. The van der Waals surface area contributed by atoms with Gasteiger partial charge in [-0.1, -0.05) is 87.2 Å². The molecule has 0 aliphatic heterocycles. The van der Waals surface area contributed by atoms with Crippen LogP contribution in [0.2, 0.25) is 17.3 Å². The Hall–Kier alpha value is -4.61. The fourth-order valence-corrected chi connectivity index (χ4v) is 8.76. The molecule has 0 atom stereocenters. The number of aromatic nitrogens is 2. The normalized spacial score (nSPS) is 11.4. The van der Waals surface area contributed by atoms with E-state index >= 15 is 0 Å². The zero-order valence-corrected chi connectivity index (χ0v) is 36.6. The molecule has 0 bridgehead atoms. The minimum atomic E-state index is -1.79. The summed E-state index contributed by atoms with van der Waals surface area (Å²) in [5.41, 5.74) is 13.2. The Kier molecular flexibility index (Phi) is 12.2. The van der Waals surface area contributed by atoms with Crippen molar-refractivity contribution < 1.29 is 24.5 Å². The fourth-order valence-electron chi connectivity index (χ4n) is 6.59. The van der Waals surface area contributed by atoms with E-state index in [1.165, 1.54) is 37.8 Å². The van der Waals surface area contributed by atoms with Crippen LogP contribution < -0.4 is 4.40 Å². The first-order chi connectivity index (χ1) is 25.5. The van der Waals surface area contributed by atoms with Crippen molar-refractivity contribution in [3.63, 3.8) is 0 Å². The van der Waals surface area contributed by atoms with Crippen LogP contribution in [0.15, 0.2) is 144 Å². The summed E-state index contributed by atoms with van der Waals surface area (Å²) in [6.45, 7) is 8.83. The third-order valence-electron chi connectivity index (χ3n) is 9.80. The van der Waals surface area contributed by atoms with Gasteiger partial charge in [-0.25, -0.2) is 0 Å². The quantitative estimate of drug-likeness (QED) is 0.118. The second-order valence-corrected chi connectivity index (χ2v) is 26.0. The maximum Gasteiger partial charge on any atom is 0 e. The Morgan fingerprint density at radius 2 is 1.28 bits per heavy atom. The van der Waals surface area contributed by atoms with Crippen molar-refractivity contribution in [2.75, 3.05) is 0 Å². The van der Waals surface area contributed by atoms with Gasteiger partial charge in [0, 0.05) is 26.3 Å². The summed E-state index contributed by atoms with van der Waals surface area (Å²) in [5.74, 6) is 7.98. The molecule has 3 nitrogen and oxygen atoms in total. The van der Waals surface area contributed by atoms with E-state index in [0.717, 1.165) is 44.5 Å². The summed E-state index contributed by atoms with van der Waals surface area (Å²) < 4.78 is 7.86. The van der Waals surface area contributed by atoms with Gasteiger partial charge in [0.05, 0.1) is 5.58 Å². The predicted octanol–water partition coefficient (Wildman–Crippen LogP) is 13.1. The van der Waals surface area contributed by atoms with Gasteiger partial charge in [0.1, 0.15) is 5.58 Å². The molecule has 3 aromatic heterocycles. The van der Waals surface area contributed by atoms with Gasteiger partial charge < -0.3 is 9.40 Å². The van der Waals surface area contributed by atoms with Gasteiger partial charge in [-0.3, -0.25) is 0 Å². The molecule has 0 aliphatic carbocycles. The molecule has 8 aromatic rings. The number of rotatable bonds is 7. The first-order valence-corrected chi connectivity index (χ1v) is 25.9. The van der Waals surface area contributed by atoms with E-state index in [2.05, 4.69) is 189 Å². The van der Waals surface area contributed by atoms with Gasteiger partial charge in [0.2, 0.25) is 0 Å². The van der Waals surface area contributed by atoms with Crippen molar-refractivity contribution in [2.45, 2.75) is 56.8 Å². The number of benzene rings is 5. The number of pyridine rings is 2. The van der Waals surface area contributed by atoms with Gasteiger partial charge in [-0.2, -0.15) is 0 Å². The van der Waals surface area contributed by atoms with Gasteiger partial charge >= 0.3 is 135 Å². The van der Waals surface area contributed by atoms with Crippen LogP contribution in [0.25, 0.3) is 66.7 Å². The molecule has 0 aliphatic rings. The SMILES string of the molecule is CC(C)c1ccnc(-c2[c-]cc3c(c2)oc2c(C(C)C)cc(-c4ccccc4)cc23)c1.[CH3][Ge]([CH3])([CH3])[c]1ccc(-c2[c-]ccc(-c3ccccc3)c2)nc1.[Ir]. The molecule has 1 radical (unpaired) electrons. The monoisotopic (exact) mass is 945 g/mol. The molecule has 0 saturated heterocycles. The van der Waals surface area contributed by atoms with Gasteiger partial charge in [0.15, 0.2) is 0 Å². The largest absolute Gasteiger partial charge is 0 e. The van der Waals surface area contributed by atoms with Crippen LogP contribution in [0.3, 0.4) is 0 Å². The van der Waals surface area contributed by atoms with E-state index in [-0.39, 0.29) is 20.1 Å². The average Bonchev–Trinajstić information content (AvgIpc) is 3.56. The van der Waals surface area contributed by atoms with E-state index in [4.69, 9.17) is 4.42 Å². The predicted molar refractivity (Wildman–Crippen MR) is 226 cm³/mol. The number of fused-ring (bicyclic) bond motifs is 3. The summed E-state index contributed by atoms with van der Waals surface area (Å²) in [7, 11) is 0. The molecule has 5 heteroatoms. The molecule has 3 heterocycles. The Morgan fingerprint density at radius 3 is 1.91 bits per heavy atom. The Balaban J connectivity index is 0.000000191. The van der Waals surface area contributed by atoms with Crippen LogP contribution >= 0.6 is 0 Å². The van der Waals surface area contributed by atoms with E-state index in [1.807, 2.05) is 18.3 Å². The van der Waals surface area contributed by atoms with Crippen molar-refractivity contribution in [3.05, 3.63) is 163 Å². The van der Waals surface area contributed by atoms with Crippen molar-refractivity contribution in [3.8, 4) is 44.8 Å². The van der Waals surface area contributed by atoms with Crippen molar-refractivity contribution in [1.82, 2.24) is 9.97 Å². The van der Waals surface area contributed by atoms with Gasteiger partial charge in [0.25, 0.3) is 0 Å². The van der Waals surface area contributed by atoms with Crippen LogP contribution in [-0.4, -0.2) is 23.2 Å². The van der Waals surface area contributed by atoms with Crippen LogP contribution in [0, 0.1) is 12.1 Å². The van der Waals surface area contributed by atoms with Crippen LogP contribution in [-0.2, 0) is 20.1 Å². The third-order valence-corrected chi connectivity index (χ3v) is 14.1. The van der Waals surface area contributed by atoms with E-state index in [0.29, 0.717) is 11.8 Å². The topological polar surface area (TPSA) is 38.9 Å². The Bertz CT molecular complexity index is 2480. The standard InChI is InChI=1S/C29H26NO.C20H20GeN.Ir/c1-18(2)21-12-13-30-27(16-21)22-10-11-24-26-15-23(20-8-6-5-7-9-20)14-25(19(3)4)29(26)31-28(24)17-22;1-21(2,3)19-12-13-20(22-15-19)18-11-7-10-17(14-18)16-8-5-4-6-9-16;/h5-9,11-19H,1-4H3;4-10,12-15H,1-3H3;/q2*-1;. The average molecular weight is 944 g/mol. The maximum absolute atomic E-state index is 6.43. The van der Waals surface area contributed by atoms with E-state index < -0.39 is 13.3 Å². The zero-order valence-electron chi connectivity index (χ0n) is 32.1.